The van der Waals surface area contributed by atoms with E-state index in [2.05, 4.69) is 16.2 Å². The molecule has 3 rings (SSSR count). The maximum absolute atomic E-state index is 12.1. The van der Waals surface area contributed by atoms with Crippen LogP contribution >= 0.6 is 22.9 Å². The highest BCUT2D eigenvalue weighted by Crippen LogP contribution is 2.28. The van der Waals surface area contributed by atoms with Gasteiger partial charge in [0.1, 0.15) is 0 Å². The number of anilines is 1. The minimum absolute atomic E-state index is 0.00355. The molecular formula is C16H14ClN3O3S. The molecular weight excluding hydrogens is 350 g/mol. The molecule has 1 fully saturated rings. The van der Waals surface area contributed by atoms with Crippen molar-refractivity contribution in [3.05, 3.63) is 51.2 Å². The smallest absolute Gasteiger partial charge is 0.269 e. The zero-order valence-electron chi connectivity index (χ0n) is 12.5. The Hall–Kier alpha value is -2.38. The number of thiophene rings is 1. The molecule has 1 saturated carbocycles. The topological polar surface area (TPSA) is 87.3 Å². The first-order valence-corrected chi connectivity index (χ1v) is 8.55. The number of benzene rings is 1. The molecule has 3 amide bonds. The van der Waals surface area contributed by atoms with Gasteiger partial charge in [-0.3, -0.25) is 25.2 Å². The van der Waals surface area contributed by atoms with Gasteiger partial charge in [-0.1, -0.05) is 17.7 Å². The fourth-order valence-electron chi connectivity index (χ4n) is 1.99. The molecule has 8 heteroatoms. The Morgan fingerprint density at radius 3 is 2.54 bits per heavy atom. The zero-order valence-corrected chi connectivity index (χ0v) is 14.0. The fraction of sp³-hybridized carbons (Fsp3) is 0.188. The van der Waals surface area contributed by atoms with Crippen LogP contribution in [0.2, 0.25) is 5.02 Å². The number of hydrazine groups is 1. The first-order valence-electron chi connectivity index (χ1n) is 7.29. The Morgan fingerprint density at radius 1 is 1.08 bits per heavy atom. The Balaban J connectivity index is 1.67. The van der Waals surface area contributed by atoms with Gasteiger partial charge in [-0.15, -0.1) is 11.3 Å². The summed E-state index contributed by atoms with van der Waals surface area (Å²) in [4.78, 5) is 36.3. The van der Waals surface area contributed by atoms with Crippen molar-refractivity contribution in [1.29, 1.82) is 0 Å². The molecule has 0 atom stereocenters. The van der Waals surface area contributed by atoms with Crippen LogP contribution in [0.1, 0.15) is 32.9 Å². The summed E-state index contributed by atoms with van der Waals surface area (Å²) in [6, 6.07) is 7.96. The standard InChI is InChI=1S/C16H14ClN3O3S/c17-11-6-5-10(15(22)20-19-14(21)9-3-4-9)8-12(11)18-16(23)13-2-1-7-24-13/h1-2,5-9H,3-4H2,(H,18,23)(H,19,21)(H,20,22). The van der Waals surface area contributed by atoms with Gasteiger partial charge >= 0.3 is 0 Å². The predicted molar refractivity (Wildman–Crippen MR) is 92.1 cm³/mol. The largest absolute Gasteiger partial charge is 0.320 e. The van der Waals surface area contributed by atoms with E-state index in [0.29, 0.717) is 15.6 Å². The highest BCUT2D eigenvalue weighted by atomic mass is 35.5. The van der Waals surface area contributed by atoms with Crippen LogP contribution < -0.4 is 16.2 Å². The summed E-state index contributed by atoms with van der Waals surface area (Å²) in [5.41, 5.74) is 5.34. The van der Waals surface area contributed by atoms with Crippen LogP contribution in [0.15, 0.2) is 35.7 Å². The minimum atomic E-state index is -0.479. The van der Waals surface area contributed by atoms with E-state index in [1.807, 2.05) is 0 Å². The van der Waals surface area contributed by atoms with Crippen molar-refractivity contribution in [2.24, 2.45) is 5.92 Å². The number of amides is 3. The van der Waals surface area contributed by atoms with Crippen molar-refractivity contribution in [3.63, 3.8) is 0 Å². The molecule has 0 saturated heterocycles. The Kier molecular flexibility index (Phi) is 4.82. The van der Waals surface area contributed by atoms with Gasteiger partial charge in [0.25, 0.3) is 11.8 Å². The number of hydrogen-bond donors (Lipinski definition) is 3. The maximum Gasteiger partial charge on any atom is 0.269 e. The summed E-state index contributed by atoms with van der Waals surface area (Å²) in [5, 5.41) is 4.79. The third-order valence-electron chi connectivity index (χ3n) is 3.47. The van der Waals surface area contributed by atoms with Crippen molar-refractivity contribution in [3.8, 4) is 0 Å². The van der Waals surface area contributed by atoms with Crippen molar-refractivity contribution in [2.45, 2.75) is 12.8 Å². The van der Waals surface area contributed by atoms with Gasteiger partial charge in [0, 0.05) is 11.5 Å². The summed E-state index contributed by atoms with van der Waals surface area (Å²) >= 11 is 7.38. The normalized spacial score (nSPS) is 13.2. The molecule has 3 N–H and O–H groups in total. The second kappa shape index (κ2) is 7.02. The average Bonchev–Trinajstić information content (AvgIpc) is 3.28. The van der Waals surface area contributed by atoms with Crippen LogP contribution in [0.25, 0.3) is 0 Å². The second-order valence-corrected chi connectivity index (χ2v) is 6.70. The van der Waals surface area contributed by atoms with E-state index in [1.165, 1.54) is 29.5 Å². The molecule has 1 aromatic heterocycles. The second-order valence-electron chi connectivity index (χ2n) is 5.34. The lowest BCUT2D eigenvalue weighted by molar-refractivity contribution is -0.123. The molecule has 0 aliphatic heterocycles. The van der Waals surface area contributed by atoms with Crippen LogP contribution in [0.4, 0.5) is 5.69 Å². The molecule has 0 bridgehead atoms. The lowest BCUT2D eigenvalue weighted by atomic mass is 10.2. The van der Waals surface area contributed by atoms with E-state index in [9.17, 15) is 14.4 Å². The van der Waals surface area contributed by atoms with Gasteiger partial charge in [-0.25, -0.2) is 0 Å². The number of hydrogen-bond acceptors (Lipinski definition) is 4. The molecule has 6 nitrogen and oxygen atoms in total. The van der Waals surface area contributed by atoms with Crippen LogP contribution in [0.3, 0.4) is 0 Å². The highest BCUT2D eigenvalue weighted by molar-refractivity contribution is 7.12. The Labute approximate surface area is 147 Å². The van der Waals surface area contributed by atoms with E-state index in [-0.39, 0.29) is 23.3 Å². The summed E-state index contributed by atoms with van der Waals surface area (Å²) in [5.74, 6) is -0.974. The van der Waals surface area contributed by atoms with Crippen molar-refractivity contribution >= 4 is 46.3 Å². The SMILES string of the molecule is O=C(NNC(=O)C1CC1)c1ccc(Cl)c(NC(=O)c2cccs2)c1. The zero-order chi connectivity index (χ0) is 17.1. The maximum atomic E-state index is 12.1. The highest BCUT2D eigenvalue weighted by Gasteiger charge is 2.29. The van der Waals surface area contributed by atoms with Gasteiger partial charge in [-0.05, 0) is 42.5 Å². The first kappa shape index (κ1) is 16.5. The lowest BCUT2D eigenvalue weighted by Crippen LogP contribution is -2.42. The molecule has 0 radical (unpaired) electrons. The van der Waals surface area contributed by atoms with E-state index in [1.54, 1.807) is 17.5 Å². The molecule has 0 unspecified atom stereocenters. The van der Waals surface area contributed by atoms with E-state index < -0.39 is 5.91 Å². The van der Waals surface area contributed by atoms with Crippen LogP contribution in [0.5, 0.6) is 0 Å². The molecule has 0 spiro atoms. The third kappa shape index (κ3) is 3.93. The summed E-state index contributed by atoms with van der Waals surface area (Å²) < 4.78 is 0. The minimum Gasteiger partial charge on any atom is -0.320 e. The van der Waals surface area contributed by atoms with E-state index in [0.717, 1.165) is 12.8 Å². The fourth-order valence-corrected chi connectivity index (χ4v) is 2.78. The van der Waals surface area contributed by atoms with Gasteiger partial charge in [-0.2, -0.15) is 0 Å². The molecule has 1 aliphatic rings. The predicted octanol–water partition coefficient (Wildman–Crippen LogP) is 2.82. The Bertz CT molecular complexity index is 788. The van der Waals surface area contributed by atoms with Crippen LogP contribution in [-0.4, -0.2) is 17.7 Å². The van der Waals surface area contributed by atoms with Crippen LogP contribution in [0, 0.1) is 5.92 Å². The number of halogens is 1. The molecule has 1 aliphatic carbocycles. The summed E-state index contributed by atoms with van der Waals surface area (Å²) in [6.45, 7) is 0. The number of carbonyl (C=O) groups is 3. The van der Waals surface area contributed by atoms with Crippen LogP contribution in [-0.2, 0) is 4.79 Å². The molecule has 2 aromatic rings. The number of rotatable bonds is 4. The molecule has 24 heavy (non-hydrogen) atoms. The van der Waals surface area contributed by atoms with E-state index in [4.69, 9.17) is 11.6 Å². The first-order chi connectivity index (χ1) is 11.5. The summed E-state index contributed by atoms with van der Waals surface area (Å²) in [7, 11) is 0. The van der Waals surface area contributed by atoms with Gasteiger partial charge < -0.3 is 5.32 Å². The monoisotopic (exact) mass is 363 g/mol. The third-order valence-corrected chi connectivity index (χ3v) is 4.67. The number of nitrogens with one attached hydrogen (secondary N) is 3. The molecule has 1 heterocycles. The Morgan fingerprint density at radius 2 is 1.88 bits per heavy atom. The van der Waals surface area contributed by atoms with Crippen molar-refractivity contribution in [1.82, 2.24) is 10.9 Å². The van der Waals surface area contributed by atoms with Gasteiger partial charge in [0.2, 0.25) is 5.91 Å². The van der Waals surface area contributed by atoms with Crippen molar-refractivity contribution in [2.75, 3.05) is 5.32 Å². The summed E-state index contributed by atoms with van der Waals surface area (Å²) in [6.07, 6.45) is 1.70. The number of carbonyl (C=O) groups excluding carboxylic acids is 3. The van der Waals surface area contributed by atoms with Gasteiger partial charge in [0.05, 0.1) is 15.6 Å². The van der Waals surface area contributed by atoms with Crippen molar-refractivity contribution < 1.29 is 14.4 Å². The molecule has 1 aromatic carbocycles. The quantitative estimate of drug-likeness (QED) is 0.730. The van der Waals surface area contributed by atoms with E-state index >= 15 is 0 Å². The van der Waals surface area contributed by atoms with Gasteiger partial charge in [0.15, 0.2) is 0 Å². The molecule has 124 valence electrons. The average molecular weight is 364 g/mol. The lowest BCUT2D eigenvalue weighted by Gasteiger charge is -2.10.